The van der Waals surface area contributed by atoms with Crippen molar-refractivity contribution in [3.05, 3.63) is 66.9 Å². The van der Waals surface area contributed by atoms with E-state index in [2.05, 4.69) is 68.0 Å². The second kappa shape index (κ2) is 8.63. The number of fused-ring (bicyclic) bond motifs is 3. The van der Waals surface area contributed by atoms with E-state index in [4.69, 9.17) is 0 Å². The van der Waals surface area contributed by atoms with Crippen LogP contribution in [0.1, 0.15) is 13.8 Å². The topological polar surface area (TPSA) is 53.4 Å². The van der Waals surface area contributed by atoms with Crippen molar-refractivity contribution >= 4 is 39.2 Å². The normalized spacial score (nSPS) is 15.9. The molecular formula is C26H29N5O. The average molecular weight is 428 g/mol. The van der Waals surface area contributed by atoms with Crippen LogP contribution in [0.5, 0.6) is 0 Å². The molecule has 1 fully saturated rings. The van der Waals surface area contributed by atoms with E-state index < -0.39 is 0 Å². The summed E-state index contributed by atoms with van der Waals surface area (Å²) in [5, 5.41) is 5.55. The molecule has 6 nitrogen and oxygen atoms in total. The molecule has 1 atom stereocenters. The molecule has 6 heteroatoms. The lowest BCUT2D eigenvalue weighted by molar-refractivity contribution is -0.120. The number of carbonyl (C=O) groups excluding carboxylic acids is 1. The van der Waals surface area contributed by atoms with Crippen LogP contribution >= 0.6 is 0 Å². The monoisotopic (exact) mass is 427 g/mol. The Hall–Kier alpha value is -3.38. The number of para-hydroxylation sites is 1. The van der Waals surface area contributed by atoms with E-state index >= 15 is 0 Å². The summed E-state index contributed by atoms with van der Waals surface area (Å²) >= 11 is 0. The number of piperazine rings is 1. The fraction of sp³-hybridized carbons (Fsp3) is 0.308. The molecule has 32 heavy (non-hydrogen) atoms. The molecule has 1 N–H and O–H groups in total. The minimum Gasteiger partial charge on any atom is -0.354 e. The Kier molecular flexibility index (Phi) is 5.53. The zero-order valence-corrected chi connectivity index (χ0v) is 18.7. The molecule has 0 saturated carbocycles. The fourth-order valence-electron chi connectivity index (χ4n) is 4.76. The number of hydrogen-bond donors (Lipinski definition) is 1. The lowest BCUT2D eigenvalue weighted by atomic mass is 10.1. The second-order valence-electron chi connectivity index (χ2n) is 8.37. The molecule has 4 aromatic rings. The van der Waals surface area contributed by atoms with Crippen LogP contribution in [-0.2, 0) is 11.3 Å². The molecule has 1 aliphatic heterocycles. The van der Waals surface area contributed by atoms with Crippen molar-refractivity contribution in [1.82, 2.24) is 14.5 Å². The lowest BCUT2D eigenvalue weighted by Crippen LogP contribution is -2.53. The quantitative estimate of drug-likeness (QED) is 0.514. The highest BCUT2D eigenvalue weighted by molar-refractivity contribution is 6.10. The maximum Gasteiger partial charge on any atom is 0.241 e. The van der Waals surface area contributed by atoms with Crippen molar-refractivity contribution in [1.29, 1.82) is 0 Å². The summed E-state index contributed by atoms with van der Waals surface area (Å²) in [7, 11) is 0. The first-order valence-corrected chi connectivity index (χ1v) is 11.4. The van der Waals surface area contributed by atoms with Gasteiger partial charge in [-0.15, -0.1) is 0 Å². The third kappa shape index (κ3) is 3.71. The standard InChI is InChI=1S/C26H29N5O/c1-3-31-23-9-5-4-8-21(23)22-18-20(11-12-24(22)31)28-26(32)19(2)29-14-16-30(17-15-29)25-10-6-7-13-27-25/h4-13,18-19H,3,14-17H2,1-2H3,(H,28,32)/t19-/m0/s1. The van der Waals surface area contributed by atoms with Gasteiger partial charge in [-0.3, -0.25) is 9.69 Å². The van der Waals surface area contributed by atoms with E-state index in [1.165, 1.54) is 21.8 Å². The number of rotatable bonds is 5. The van der Waals surface area contributed by atoms with Crippen molar-refractivity contribution in [3.63, 3.8) is 0 Å². The Morgan fingerprint density at radius 1 is 0.969 bits per heavy atom. The van der Waals surface area contributed by atoms with Gasteiger partial charge < -0.3 is 14.8 Å². The van der Waals surface area contributed by atoms with Gasteiger partial charge in [-0.25, -0.2) is 4.98 Å². The minimum absolute atomic E-state index is 0.0369. The number of aryl methyl sites for hydroxylation is 1. The van der Waals surface area contributed by atoms with Crippen LogP contribution in [0.25, 0.3) is 21.8 Å². The number of anilines is 2. The molecule has 5 rings (SSSR count). The van der Waals surface area contributed by atoms with Gasteiger partial charge >= 0.3 is 0 Å². The van der Waals surface area contributed by atoms with Crippen LogP contribution in [0.3, 0.4) is 0 Å². The molecule has 3 heterocycles. The van der Waals surface area contributed by atoms with Gasteiger partial charge in [-0.2, -0.15) is 0 Å². The van der Waals surface area contributed by atoms with Crippen LogP contribution in [0.4, 0.5) is 11.5 Å². The minimum atomic E-state index is -0.187. The van der Waals surface area contributed by atoms with Gasteiger partial charge in [0.1, 0.15) is 5.82 Å². The summed E-state index contributed by atoms with van der Waals surface area (Å²) in [6.07, 6.45) is 1.83. The molecule has 1 saturated heterocycles. The van der Waals surface area contributed by atoms with Gasteiger partial charge in [-0.05, 0) is 50.2 Å². The zero-order chi connectivity index (χ0) is 22.1. The number of aromatic nitrogens is 2. The van der Waals surface area contributed by atoms with Gasteiger partial charge in [0.25, 0.3) is 0 Å². The molecule has 0 bridgehead atoms. The average Bonchev–Trinajstić information content (AvgIpc) is 3.17. The summed E-state index contributed by atoms with van der Waals surface area (Å²) in [4.78, 5) is 22.0. The van der Waals surface area contributed by atoms with E-state index in [1.807, 2.05) is 37.4 Å². The van der Waals surface area contributed by atoms with Crippen molar-refractivity contribution < 1.29 is 4.79 Å². The predicted octanol–water partition coefficient (Wildman–Crippen LogP) is 4.36. The third-order valence-corrected chi connectivity index (χ3v) is 6.57. The molecule has 0 unspecified atom stereocenters. The van der Waals surface area contributed by atoms with E-state index in [0.717, 1.165) is 44.2 Å². The Morgan fingerprint density at radius 3 is 2.47 bits per heavy atom. The van der Waals surface area contributed by atoms with Crippen molar-refractivity contribution in [2.45, 2.75) is 26.4 Å². The van der Waals surface area contributed by atoms with E-state index in [1.54, 1.807) is 0 Å². The van der Waals surface area contributed by atoms with Gasteiger partial charge in [0.05, 0.1) is 6.04 Å². The van der Waals surface area contributed by atoms with Crippen molar-refractivity contribution in [3.8, 4) is 0 Å². The van der Waals surface area contributed by atoms with E-state index in [0.29, 0.717) is 0 Å². The molecule has 2 aromatic carbocycles. The maximum absolute atomic E-state index is 13.0. The number of carbonyl (C=O) groups is 1. The summed E-state index contributed by atoms with van der Waals surface area (Å²) in [6, 6.07) is 20.5. The summed E-state index contributed by atoms with van der Waals surface area (Å²) in [6.45, 7) is 8.50. The number of nitrogens with zero attached hydrogens (tertiary/aromatic N) is 4. The smallest absolute Gasteiger partial charge is 0.241 e. The Balaban J connectivity index is 1.29. The molecule has 2 aromatic heterocycles. The van der Waals surface area contributed by atoms with Crippen LogP contribution in [0.15, 0.2) is 66.9 Å². The first-order chi connectivity index (χ1) is 15.7. The summed E-state index contributed by atoms with van der Waals surface area (Å²) in [5.74, 6) is 1.04. The number of benzene rings is 2. The molecule has 0 aliphatic carbocycles. The van der Waals surface area contributed by atoms with Crippen LogP contribution < -0.4 is 10.2 Å². The summed E-state index contributed by atoms with van der Waals surface area (Å²) < 4.78 is 2.32. The van der Waals surface area contributed by atoms with Gasteiger partial charge in [0, 0.05) is 66.4 Å². The van der Waals surface area contributed by atoms with Crippen molar-refractivity contribution in [2.24, 2.45) is 0 Å². The first kappa shape index (κ1) is 20.5. The van der Waals surface area contributed by atoms with Crippen molar-refractivity contribution in [2.75, 3.05) is 36.4 Å². The van der Waals surface area contributed by atoms with E-state index in [-0.39, 0.29) is 11.9 Å². The third-order valence-electron chi connectivity index (χ3n) is 6.57. The van der Waals surface area contributed by atoms with Gasteiger partial charge in [-0.1, -0.05) is 24.3 Å². The Labute approximate surface area is 188 Å². The summed E-state index contributed by atoms with van der Waals surface area (Å²) in [5.41, 5.74) is 3.28. The largest absolute Gasteiger partial charge is 0.354 e. The maximum atomic E-state index is 13.0. The van der Waals surface area contributed by atoms with E-state index in [9.17, 15) is 4.79 Å². The van der Waals surface area contributed by atoms with Gasteiger partial charge in [0.15, 0.2) is 0 Å². The molecule has 0 spiro atoms. The molecular weight excluding hydrogens is 398 g/mol. The van der Waals surface area contributed by atoms with Crippen LogP contribution in [0, 0.1) is 0 Å². The number of amides is 1. The number of nitrogens with one attached hydrogen (secondary N) is 1. The predicted molar refractivity (Wildman–Crippen MR) is 131 cm³/mol. The highest BCUT2D eigenvalue weighted by atomic mass is 16.2. The zero-order valence-electron chi connectivity index (χ0n) is 18.7. The number of hydrogen-bond acceptors (Lipinski definition) is 4. The van der Waals surface area contributed by atoms with Gasteiger partial charge in [0.2, 0.25) is 5.91 Å². The highest BCUT2D eigenvalue weighted by Gasteiger charge is 2.26. The molecule has 0 radical (unpaired) electrons. The Bertz CT molecular complexity index is 1240. The SMILES string of the molecule is CCn1c2ccccc2c2cc(NC(=O)[C@H](C)N3CCN(c4ccccn4)CC3)ccc21. The number of pyridine rings is 1. The van der Waals surface area contributed by atoms with Crippen LogP contribution in [-0.4, -0.2) is 52.6 Å². The van der Waals surface area contributed by atoms with Crippen LogP contribution in [0.2, 0.25) is 0 Å². The molecule has 1 aliphatic rings. The fourth-order valence-corrected chi connectivity index (χ4v) is 4.76. The highest BCUT2D eigenvalue weighted by Crippen LogP contribution is 2.31. The molecule has 164 valence electrons. The molecule has 1 amide bonds. The second-order valence-corrected chi connectivity index (χ2v) is 8.37. The lowest BCUT2D eigenvalue weighted by Gasteiger charge is -2.37. The first-order valence-electron chi connectivity index (χ1n) is 11.4. The Morgan fingerprint density at radius 2 is 1.72 bits per heavy atom.